The number of ether oxygens (including phenoxy) is 1. The number of aromatic amines is 1. The number of H-pyrrole nitrogens is 1. The Bertz CT molecular complexity index is 998. The standard InChI is InChI=1S/C21H27N7O3/c1-3-5-6-9-12-28-14-17(22-18(28)13-19(29)31-4-2)23-21(30)16-11-8-7-10-15(16)20-24-26-27-25-20/h7-8,10-11,14H,3-6,9,12-13H2,1-2H3,(H,23,30)(H,24,25,26,27). The predicted molar refractivity (Wildman–Crippen MR) is 114 cm³/mol. The summed E-state index contributed by atoms with van der Waals surface area (Å²) in [6.45, 7) is 4.96. The summed E-state index contributed by atoms with van der Waals surface area (Å²) in [5, 5.41) is 16.5. The van der Waals surface area contributed by atoms with Gasteiger partial charge in [0, 0.05) is 18.3 Å². The van der Waals surface area contributed by atoms with Crippen LogP contribution in [0, 0.1) is 0 Å². The van der Waals surface area contributed by atoms with Crippen LogP contribution >= 0.6 is 0 Å². The maximum absolute atomic E-state index is 12.9. The van der Waals surface area contributed by atoms with Crippen molar-refractivity contribution < 1.29 is 14.3 Å². The number of hydrogen-bond acceptors (Lipinski definition) is 7. The second kappa shape index (κ2) is 11.0. The average molecular weight is 425 g/mol. The number of anilines is 1. The number of nitrogens with one attached hydrogen (secondary N) is 2. The number of benzene rings is 1. The molecule has 0 fully saturated rings. The number of tetrazole rings is 1. The van der Waals surface area contributed by atoms with Crippen LogP contribution in [0.25, 0.3) is 11.4 Å². The fraction of sp³-hybridized carbons (Fsp3) is 0.429. The third-order valence-corrected chi connectivity index (χ3v) is 4.73. The zero-order valence-electron chi connectivity index (χ0n) is 17.8. The van der Waals surface area contributed by atoms with Crippen LogP contribution in [0.5, 0.6) is 0 Å². The van der Waals surface area contributed by atoms with Crippen molar-refractivity contribution in [3.63, 3.8) is 0 Å². The third kappa shape index (κ3) is 5.97. The van der Waals surface area contributed by atoms with Crippen molar-refractivity contribution in [2.24, 2.45) is 0 Å². The molecule has 1 aromatic carbocycles. The van der Waals surface area contributed by atoms with E-state index in [1.165, 1.54) is 0 Å². The van der Waals surface area contributed by atoms with Crippen molar-refractivity contribution in [2.45, 2.75) is 52.5 Å². The molecule has 0 radical (unpaired) electrons. The van der Waals surface area contributed by atoms with E-state index < -0.39 is 0 Å². The van der Waals surface area contributed by atoms with Crippen molar-refractivity contribution >= 4 is 17.7 Å². The van der Waals surface area contributed by atoms with E-state index in [0.29, 0.717) is 35.2 Å². The van der Waals surface area contributed by atoms with Crippen LogP contribution in [0.1, 0.15) is 55.7 Å². The zero-order chi connectivity index (χ0) is 22.1. The van der Waals surface area contributed by atoms with Crippen molar-refractivity contribution in [1.82, 2.24) is 30.2 Å². The largest absolute Gasteiger partial charge is 0.466 e. The summed E-state index contributed by atoms with van der Waals surface area (Å²) in [7, 11) is 0. The van der Waals surface area contributed by atoms with Gasteiger partial charge in [-0.05, 0) is 29.8 Å². The van der Waals surface area contributed by atoms with Crippen molar-refractivity contribution in [1.29, 1.82) is 0 Å². The molecule has 3 aromatic rings. The van der Waals surface area contributed by atoms with Gasteiger partial charge in [0.25, 0.3) is 5.91 Å². The molecule has 10 heteroatoms. The number of carbonyl (C=O) groups is 2. The van der Waals surface area contributed by atoms with Gasteiger partial charge in [-0.25, -0.2) is 10.1 Å². The molecule has 0 saturated carbocycles. The van der Waals surface area contributed by atoms with E-state index in [2.05, 4.69) is 37.8 Å². The molecule has 0 spiro atoms. The Hall–Kier alpha value is -3.56. The van der Waals surface area contributed by atoms with Crippen LogP contribution in [0.4, 0.5) is 5.82 Å². The predicted octanol–water partition coefficient (Wildman–Crippen LogP) is 3.00. The summed E-state index contributed by atoms with van der Waals surface area (Å²) < 4.78 is 6.97. The molecule has 0 bridgehead atoms. The number of nitrogens with zero attached hydrogens (tertiary/aromatic N) is 5. The Balaban J connectivity index is 1.78. The Labute approximate surface area is 180 Å². The highest BCUT2D eigenvalue weighted by Crippen LogP contribution is 2.21. The average Bonchev–Trinajstić information content (AvgIpc) is 3.42. The SMILES string of the molecule is CCCCCCn1cc(NC(=O)c2ccccc2-c2nnn[nH]2)nc1CC(=O)OCC. The molecule has 31 heavy (non-hydrogen) atoms. The number of imidazole rings is 1. The molecule has 0 aliphatic carbocycles. The van der Waals surface area contributed by atoms with E-state index in [1.807, 2.05) is 4.57 Å². The minimum absolute atomic E-state index is 0.0534. The minimum atomic E-state index is -0.344. The molecular formula is C21H27N7O3. The van der Waals surface area contributed by atoms with E-state index in [1.54, 1.807) is 37.4 Å². The maximum Gasteiger partial charge on any atom is 0.313 e. The van der Waals surface area contributed by atoms with Gasteiger partial charge in [-0.15, -0.1) is 5.10 Å². The Kier molecular flexibility index (Phi) is 7.85. The van der Waals surface area contributed by atoms with Crippen molar-refractivity contribution in [2.75, 3.05) is 11.9 Å². The second-order valence-corrected chi connectivity index (χ2v) is 7.03. The molecule has 0 saturated heterocycles. The number of esters is 1. The highest BCUT2D eigenvalue weighted by Gasteiger charge is 2.18. The Morgan fingerprint density at radius 1 is 1.16 bits per heavy atom. The lowest BCUT2D eigenvalue weighted by molar-refractivity contribution is -0.142. The van der Waals surface area contributed by atoms with Gasteiger partial charge in [-0.1, -0.05) is 44.4 Å². The molecule has 3 rings (SSSR count). The van der Waals surface area contributed by atoms with Crippen LogP contribution in [0.3, 0.4) is 0 Å². The molecule has 0 atom stereocenters. The van der Waals surface area contributed by atoms with Crippen LogP contribution < -0.4 is 5.32 Å². The first-order valence-corrected chi connectivity index (χ1v) is 10.5. The van der Waals surface area contributed by atoms with Gasteiger partial charge in [0.2, 0.25) is 0 Å². The Morgan fingerprint density at radius 3 is 2.74 bits per heavy atom. The first-order chi connectivity index (χ1) is 15.1. The number of rotatable bonds is 11. The van der Waals surface area contributed by atoms with Crippen LogP contribution in [-0.4, -0.2) is 48.7 Å². The molecule has 2 N–H and O–H groups in total. The van der Waals surface area contributed by atoms with Gasteiger partial charge in [-0.3, -0.25) is 9.59 Å². The molecular weight excluding hydrogens is 398 g/mol. The topological polar surface area (TPSA) is 128 Å². The highest BCUT2D eigenvalue weighted by molar-refractivity contribution is 6.07. The van der Waals surface area contributed by atoms with E-state index in [-0.39, 0.29) is 18.3 Å². The number of aryl methyl sites for hydroxylation is 1. The molecule has 1 amide bonds. The normalized spacial score (nSPS) is 10.8. The lowest BCUT2D eigenvalue weighted by Gasteiger charge is -2.07. The number of amides is 1. The monoisotopic (exact) mass is 425 g/mol. The molecule has 0 aliphatic rings. The number of hydrogen-bond donors (Lipinski definition) is 2. The van der Waals surface area contributed by atoms with Gasteiger partial charge >= 0.3 is 5.97 Å². The quantitative estimate of drug-likeness (QED) is 0.357. The van der Waals surface area contributed by atoms with Gasteiger partial charge in [0.1, 0.15) is 12.2 Å². The van der Waals surface area contributed by atoms with E-state index in [0.717, 1.165) is 32.2 Å². The fourth-order valence-electron chi connectivity index (χ4n) is 3.24. The first-order valence-electron chi connectivity index (χ1n) is 10.5. The van der Waals surface area contributed by atoms with Crippen molar-refractivity contribution in [3.8, 4) is 11.4 Å². The summed E-state index contributed by atoms with van der Waals surface area (Å²) in [5.41, 5.74) is 0.987. The van der Waals surface area contributed by atoms with Gasteiger partial charge in [-0.2, -0.15) is 0 Å². The van der Waals surface area contributed by atoms with Gasteiger partial charge < -0.3 is 14.6 Å². The molecule has 164 valence electrons. The summed E-state index contributed by atoms with van der Waals surface area (Å²) in [5.74, 6) is 0.660. The molecule has 0 unspecified atom stereocenters. The van der Waals surface area contributed by atoms with Crippen LogP contribution in [-0.2, 0) is 22.5 Å². The smallest absolute Gasteiger partial charge is 0.313 e. The van der Waals surface area contributed by atoms with Gasteiger partial charge in [0.05, 0.1) is 12.2 Å². The fourth-order valence-corrected chi connectivity index (χ4v) is 3.24. The number of aromatic nitrogens is 6. The van der Waals surface area contributed by atoms with E-state index >= 15 is 0 Å². The summed E-state index contributed by atoms with van der Waals surface area (Å²) in [6.07, 6.45) is 6.16. The number of carbonyl (C=O) groups excluding carboxylic acids is 2. The first kappa shape index (κ1) is 22.1. The van der Waals surface area contributed by atoms with E-state index in [4.69, 9.17) is 4.74 Å². The van der Waals surface area contributed by atoms with E-state index in [9.17, 15) is 9.59 Å². The molecule has 2 heterocycles. The molecule has 10 nitrogen and oxygen atoms in total. The maximum atomic E-state index is 12.9. The molecule has 2 aromatic heterocycles. The lowest BCUT2D eigenvalue weighted by Crippen LogP contribution is -2.14. The lowest BCUT2D eigenvalue weighted by atomic mass is 10.1. The highest BCUT2D eigenvalue weighted by atomic mass is 16.5. The van der Waals surface area contributed by atoms with Gasteiger partial charge in [0.15, 0.2) is 11.6 Å². The summed E-state index contributed by atoms with van der Waals surface area (Å²) in [4.78, 5) is 29.4. The van der Waals surface area contributed by atoms with Crippen LogP contribution in [0.2, 0.25) is 0 Å². The molecule has 0 aliphatic heterocycles. The van der Waals surface area contributed by atoms with Crippen molar-refractivity contribution in [3.05, 3.63) is 41.9 Å². The zero-order valence-corrected chi connectivity index (χ0v) is 17.8. The number of unbranched alkanes of at least 4 members (excludes halogenated alkanes) is 3. The minimum Gasteiger partial charge on any atom is -0.466 e. The third-order valence-electron chi connectivity index (χ3n) is 4.73. The summed E-state index contributed by atoms with van der Waals surface area (Å²) >= 11 is 0. The van der Waals surface area contributed by atoms with Crippen LogP contribution in [0.15, 0.2) is 30.5 Å². The Morgan fingerprint density at radius 2 is 2.00 bits per heavy atom. The second-order valence-electron chi connectivity index (χ2n) is 7.03. The summed E-state index contributed by atoms with van der Waals surface area (Å²) in [6, 6.07) is 7.02.